The second kappa shape index (κ2) is 8.06. The van der Waals surface area contributed by atoms with E-state index in [4.69, 9.17) is 4.98 Å². The van der Waals surface area contributed by atoms with E-state index >= 15 is 0 Å². The van der Waals surface area contributed by atoms with Crippen LogP contribution in [0, 0.1) is 11.3 Å². The lowest BCUT2D eigenvalue weighted by Gasteiger charge is -2.29. The van der Waals surface area contributed by atoms with E-state index in [-0.39, 0.29) is 10.8 Å². The van der Waals surface area contributed by atoms with Gasteiger partial charge in [-0.1, -0.05) is 27.7 Å². The van der Waals surface area contributed by atoms with Crippen LogP contribution in [0.2, 0.25) is 0 Å². The predicted octanol–water partition coefficient (Wildman–Crippen LogP) is 6.37. The summed E-state index contributed by atoms with van der Waals surface area (Å²) in [6.07, 6.45) is 5.81. The second-order valence-electron chi connectivity index (χ2n) is 9.92. The van der Waals surface area contributed by atoms with Crippen molar-refractivity contribution in [3.8, 4) is 10.6 Å². The first kappa shape index (κ1) is 20.3. The molecule has 2 heterocycles. The standard InChI is InChI=1S/C25H32N2OS/c1-17(16-25(2,3)4)12-18-13-21-24(15-22(18)28)29-23-14-19(8-9-20(23)26-21)27-10-6-5-7-11-27/h8-9,13-15,17H,5-7,10-12,16H2,1-4H3. The first-order chi connectivity index (χ1) is 13.8. The lowest BCUT2D eigenvalue weighted by Crippen LogP contribution is -2.29. The molecule has 4 heteroatoms. The minimum Gasteiger partial charge on any atom is -0.371 e. The Hall–Kier alpha value is -1.94. The molecule has 3 aliphatic rings. The van der Waals surface area contributed by atoms with Crippen LogP contribution in [0.4, 0.5) is 5.69 Å². The number of fused-ring (bicyclic) bond motifs is 2. The van der Waals surface area contributed by atoms with Gasteiger partial charge in [0.05, 0.1) is 20.8 Å². The van der Waals surface area contributed by atoms with Gasteiger partial charge in [-0.15, -0.1) is 11.3 Å². The average molecular weight is 409 g/mol. The van der Waals surface area contributed by atoms with Crippen LogP contribution in [-0.4, -0.2) is 18.1 Å². The number of hydrogen-bond donors (Lipinski definition) is 0. The molecule has 0 amide bonds. The summed E-state index contributed by atoms with van der Waals surface area (Å²) in [7, 11) is 0. The van der Waals surface area contributed by atoms with Crippen molar-refractivity contribution in [3.63, 3.8) is 0 Å². The highest BCUT2D eigenvalue weighted by molar-refractivity contribution is 7.21. The summed E-state index contributed by atoms with van der Waals surface area (Å²) < 4.78 is 1.16. The fourth-order valence-electron chi connectivity index (χ4n) is 4.69. The van der Waals surface area contributed by atoms with Gasteiger partial charge in [-0.25, -0.2) is 4.98 Å². The monoisotopic (exact) mass is 408 g/mol. The summed E-state index contributed by atoms with van der Waals surface area (Å²) in [5.74, 6) is 0.483. The van der Waals surface area contributed by atoms with Crippen LogP contribution in [0.1, 0.15) is 58.9 Å². The number of hydrogen-bond acceptors (Lipinski definition) is 4. The van der Waals surface area contributed by atoms with E-state index < -0.39 is 0 Å². The SMILES string of the molecule is CC(Cc1cc2nc3ccc(N4CCCCC4)cc3sc-2cc1=O)CC(C)(C)C. The molecule has 0 spiro atoms. The van der Waals surface area contributed by atoms with Crippen molar-refractivity contribution in [2.75, 3.05) is 18.0 Å². The lowest BCUT2D eigenvalue weighted by atomic mass is 9.83. The Morgan fingerprint density at radius 1 is 1.10 bits per heavy atom. The largest absolute Gasteiger partial charge is 0.371 e. The zero-order valence-electron chi connectivity index (χ0n) is 18.1. The predicted molar refractivity (Wildman–Crippen MR) is 126 cm³/mol. The lowest BCUT2D eigenvalue weighted by molar-refractivity contribution is 0.306. The van der Waals surface area contributed by atoms with Gasteiger partial charge in [0, 0.05) is 30.4 Å². The Balaban J connectivity index is 1.66. The van der Waals surface area contributed by atoms with E-state index in [0.717, 1.165) is 52.3 Å². The third kappa shape index (κ3) is 4.80. The van der Waals surface area contributed by atoms with E-state index in [1.54, 1.807) is 17.4 Å². The Kier molecular flexibility index (Phi) is 5.65. The van der Waals surface area contributed by atoms with Gasteiger partial charge in [0.2, 0.25) is 0 Å². The van der Waals surface area contributed by atoms with Gasteiger partial charge in [-0.3, -0.25) is 4.79 Å². The maximum absolute atomic E-state index is 12.8. The number of anilines is 1. The molecule has 4 rings (SSSR count). The number of aromatic nitrogens is 1. The molecule has 1 saturated heterocycles. The molecule has 1 aliphatic carbocycles. The molecule has 2 aliphatic heterocycles. The van der Waals surface area contributed by atoms with Gasteiger partial charge >= 0.3 is 0 Å². The third-order valence-corrected chi connectivity index (χ3v) is 6.89. The van der Waals surface area contributed by atoms with Crippen LogP contribution >= 0.6 is 11.3 Å². The van der Waals surface area contributed by atoms with Crippen molar-refractivity contribution in [2.45, 2.75) is 59.8 Å². The van der Waals surface area contributed by atoms with Crippen LogP contribution in [0.5, 0.6) is 0 Å². The molecule has 29 heavy (non-hydrogen) atoms. The van der Waals surface area contributed by atoms with Crippen LogP contribution in [-0.2, 0) is 6.42 Å². The van der Waals surface area contributed by atoms with Crippen molar-refractivity contribution in [1.29, 1.82) is 0 Å². The molecule has 0 bridgehead atoms. The molecule has 1 atom stereocenters. The zero-order chi connectivity index (χ0) is 20.6. The second-order valence-corrected chi connectivity index (χ2v) is 11.0. The summed E-state index contributed by atoms with van der Waals surface area (Å²) in [4.78, 5) is 21.1. The highest BCUT2D eigenvalue weighted by Gasteiger charge is 2.19. The summed E-state index contributed by atoms with van der Waals surface area (Å²) in [6, 6.07) is 10.4. The van der Waals surface area contributed by atoms with Gasteiger partial charge in [-0.05, 0) is 67.7 Å². The fraction of sp³-hybridized carbons (Fsp3) is 0.520. The topological polar surface area (TPSA) is 33.2 Å². The van der Waals surface area contributed by atoms with Crippen molar-refractivity contribution in [2.24, 2.45) is 11.3 Å². The Morgan fingerprint density at radius 2 is 1.86 bits per heavy atom. The van der Waals surface area contributed by atoms with E-state index in [0.29, 0.717) is 5.92 Å². The third-order valence-electron chi connectivity index (χ3n) is 5.80. The highest BCUT2D eigenvalue weighted by Crippen LogP contribution is 2.34. The molecule has 1 unspecified atom stereocenters. The first-order valence-electron chi connectivity index (χ1n) is 10.9. The summed E-state index contributed by atoms with van der Waals surface area (Å²) in [5.41, 5.74) is 4.59. The molecule has 0 aromatic heterocycles. The van der Waals surface area contributed by atoms with Crippen LogP contribution < -0.4 is 10.3 Å². The number of rotatable bonds is 4. The normalized spacial score (nSPS) is 16.5. The Morgan fingerprint density at radius 3 is 2.59 bits per heavy atom. The molecular weight excluding hydrogens is 376 g/mol. The summed E-state index contributed by atoms with van der Waals surface area (Å²) in [5, 5.41) is 0. The van der Waals surface area contributed by atoms with Crippen molar-refractivity contribution in [1.82, 2.24) is 4.98 Å². The Bertz CT molecular complexity index is 1030. The zero-order valence-corrected chi connectivity index (χ0v) is 18.9. The summed E-state index contributed by atoms with van der Waals surface area (Å²) >= 11 is 1.69. The molecule has 1 fully saturated rings. The van der Waals surface area contributed by atoms with Crippen molar-refractivity contribution in [3.05, 3.63) is 46.1 Å². The van der Waals surface area contributed by atoms with Gasteiger partial charge in [0.15, 0.2) is 5.43 Å². The van der Waals surface area contributed by atoms with Crippen LogP contribution in [0.3, 0.4) is 0 Å². The Labute approximate surface area is 178 Å². The van der Waals surface area contributed by atoms with Gasteiger partial charge in [-0.2, -0.15) is 0 Å². The van der Waals surface area contributed by atoms with Gasteiger partial charge in [0.25, 0.3) is 0 Å². The number of nitrogens with zero attached hydrogens (tertiary/aromatic N) is 2. The molecule has 1 aromatic rings. The molecule has 0 N–H and O–H groups in total. The van der Waals surface area contributed by atoms with E-state index in [2.05, 4.69) is 50.8 Å². The van der Waals surface area contributed by atoms with Crippen molar-refractivity contribution >= 4 is 27.2 Å². The molecular formula is C25H32N2OS. The fourth-order valence-corrected chi connectivity index (χ4v) is 5.70. The van der Waals surface area contributed by atoms with E-state index in [9.17, 15) is 4.79 Å². The molecule has 0 saturated carbocycles. The molecule has 3 nitrogen and oxygen atoms in total. The average Bonchev–Trinajstić information content (AvgIpc) is 2.66. The minimum absolute atomic E-state index is 0.155. The minimum atomic E-state index is 0.155. The molecule has 0 radical (unpaired) electrons. The van der Waals surface area contributed by atoms with Crippen LogP contribution in [0.25, 0.3) is 20.8 Å². The quantitative estimate of drug-likeness (QED) is 0.471. The maximum atomic E-state index is 12.8. The molecule has 154 valence electrons. The van der Waals surface area contributed by atoms with E-state index in [1.807, 2.05) is 6.07 Å². The van der Waals surface area contributed by atoms with E-state index in [1.165, 1.54) is 24.9 Å². The first-order valence-corrected chi connectivity index (χ1v) is 11.7. The highest BCUT2D eigenvalue weighted by atomic mass is 32.1. The smallest absolute Gasteiger partial charge is 0.183 e. The van der Waals surface area contributed by atoms with Crippen molar-refractivity contribution < 1.29 is 0 Å². The summed E-state index contributed by atoms with van der Waals surface area (Å²) in [6.45, 7) is 11.3. The van der Waals surface area contributed by atoms with Gasteiger partial charge in [0.1, 0.15) is 0 Å². The number of piperidine rings is 1. The number of benzene rings is 2. The van der Waals surface area contributed by atoms with Gasteiger partial charge < -0.3 is 4.90 Å². The van der Waals surface area contributed by atoms with Crippen LogP contribution in [0.15, 0.2) is 35.1 Å². The maximum Gasteiger partial charge on any atom is 0.183 e. The molecule has 1 aromatic carbocycles.